The first-order valence-electron chi connectivity index (χ1n) is 12.3. The van der Waals surface area contributed by atoms with E-state index in [2.05, 4.69) is 15.1 Å². The Labute approximate surface area is 225 Å². The van der Waals surface area contributed by atoms with Crippen LogP contribution >= 0.6 is 0 Å². The van der Waals surface area contributed by atoms with E-state index in [9.17, 15) is 17.6 Å². The van der Waals surface area contributed by atoms with Crippen molar-refractivity contribution >= 4 is 21.8 Å². The molecule has 5 rings (SSSR count). The summed E-state index contributed by atoms with van der Waals surface area (Å²) in [4.78, 5) is 23.2. The minimum Gasteiger partial charge on any atom is -0.369 e. The van der Waals surface area contributed by atoms with Gasteiger partial charge in [0.25, 0.3) is 0 Å². The van der Waals surface area contributed by atoms with E-state index in [1.807, 2.05) is 11.1 Å². The first-order valence-corrected chi connectivity index (χ1v) is 13.8. The Morgan fingerprint density at radius 2 is 1.90 bits per heavy atom. The highest BCUT2D eigenvalue weighted by Crippen LogP contribution is 2.51. The van der Waals surface area contributed by atoms with E-state index in [4.69, 9.17) is 5.73 Å². The molecule has 1 aromatic carbocycles. The van der Waals surface area contributed by atoms with Crippen molar-refractivity contribution in [3.8, 4) is 0 Å². The Balaban J connectivity index is 1.55. The molecule has 2 aromatic heterocycles. The third kappa shape index (κ3) is 4.39. The van der Waals surface area contributed by atoms with Crippen molar-refractivity contribution in [3.05, 3.63) is 82.9 Å². The molecule has 1 fully saturated rings. The number of ketones is 1. The normalized spacial score (nSPS) is 24.7. The number of carbonyl (C=O) groups is 1. The molecule has 0 saturated carbocycles. The maximum Gasteiger partial charge on any atom is 0.247 e. The van der Waals surface area contributed by atoms with Crippen LogP contribution in [-0.2, 0) is 35.6 Å². The van der Waals surface area contributed by atoms with E-state index in [-0.39, 0.29) is 36.6 Å². The van der Waals surface area contributed by atoms with Gasteiger partial charge in [0, 0.05) is 57.5 Å². The second kappa shape index (κ2) is 9.49. The molecule has 10 nitrogen and oxygen atoms in total. The van der Waals surface area contributed by atoms with Gasteiger partial charge in [0.15, 0.2) is 5.78 Å². The highest BCUT2D eigenvalue weighted by atomic mass is 32.2. The summed E-state index contributed by atoms with van der Waals surface area (Å²) in [6, 6.07) is 6.55. The zero-order valence-corrected chi connectivity index (χ0v) is 22.6. The van der Waals surface area contributed by atoms with Gasteiger partial charge in [-0.1, -0.05) is 6.07 Å². The van der Waals surface area contributed by atoms with Crippen LogP contribution < -0.4 is 5.73 Å². The van der Waals surface area contributed by atoms with E-state index < -0.39 is 37.7 Å². The number of Topliss-reactive ketones (excluding diaryl/α,β-unsaturated/α-hetero) is 1. The summed E-state index contributed by atoms with van der Waals surface area (Å²) in [5.74, 6) is -1.86. The number of halogens is 2. The number of aliphatic imine (C=N–C) groups is 1. The quantitative estimate of drug-likeness (QED) is 0.459. The number of sulfonamides is 1. The summed E-state index contributed by atoms with van der Waals surface area (Å²) in [7, 11) is -0.940. The Morgan fingerprint density at radius 3 is 2.56 bits per heavy atom. The Hall–Kier alpha value is -3.71. The number of guanidine groups is 1. The molecule has 4 heterocycles. The monoisotopic (exact) mass is 557 g/mol. The van der Waals surface area contributed by atoms with E-state index in [0.29, 0.717) is 18.7 Å². The number of aromatic nitrogens is 3. The Bertz CT molecular complexity index is 1570. The van der Waals surface area contributed by atoms with Crippen LogP contribution in [-0.4, -0.2) is 69.0 Å². The number of hydrogen-bond donors (Lipinski definition) is 1. The molecule has 0 aliphatic carbocycles. The zero-order valence-electron chi connectivity index (χ0n) is 21.8. The van der Waals surface area contributed by atoms with Crippen molar-refractivity contribution in [2.24, 2.45) is 17.8 Å². The van der Waals surface area contributed by atoms with Crippen LogP contribution in [0.1, 0.15) is 40.5 Å². The minimum atomic E-state index is -4.09. The van der Waals surface area contributed by atoms with Crippen LogP contribution in [0.3, 0.4) is 0 Å². The number of carbonyl (C=O) groups excluding carboxylic acids is 1. The van der Waals surface area contributed by atoms with Crippen molar-refractivity contribution in [2.75, 3.05) is 20.1 Å². The van der Waals surface area contributed by atoms with Gasteiger partial charge in [-0.05, 0) is 43.2 Å². The van der Waals surface area contributed by atoms with Gasteiger partial charge in [0.05, 0.1) is 12.4 Å². The molecule has 39 heavy (non-hydrogen) atoms. The van der Waals surface area contributed by atoms with Crippen LogP contribution in [0.15, 0.2) is 53.9 Å². The molecule has 1 saturated heterocycles. The fourth-order valence-corrected chi connectivity index (χ4v) is 7.79. The molecule has 2 aliphatic rings. The molecule has 0 amide bonds. The molecule has 0 unspecified atom stereocenters. The standard InChI is InChI=1S/C26H29F2N7O3S/c1-25(20-10-17(4-6-21(20)28)11-23(36)22-7-5-19(27)13-30-22)26(39(37,38)34(3)24(29)32-25)8-9-35(16-26)15-18-12-31-33(2)14-18/h4-7,10,12-14H,8-9,11,15-16H2,1-3H3,(H2,29,32)/t25-,26-/m1/s1. The Morgan fingerprint density at radius 1 is 1.13 bits per heavy atom. The molecule has 13 heteroatoms. The van der Waals surface area contributed by atoms with Crippen molar-refractivity contribution in [1.82, 2.24) is 24.0 Å². The fourth-order valence-electron chi connectivity index (χ4n) is 5.63. The highest BCUT2D eigenvalue weighted by Gasteiger charge is 2.66. The first kappa shape index (κ1) is 26.9. The van der Waals surface area contributed by atoms with E-state index in [1.165, 1.54) is 31.3 Å². The molecular formula is C26H29F2N7O3S. The first-order chi connectivity index (χ1) is 18.4. The van der Waals surface area contributed by atoms with E-state index >= 15 is 4.39 Å². The topological polar surface area (TPSA) is 127 Å². The van der Waals surface area contributed by atoms with E-state index in [1.54, 1.807) is 24.9 Å². The SMILES string of the molecule is CN1C(N)=N[C@](C)(c2cc(CC(=O)c3ccc(F)cn3)ccc2F)[C@]2(CCN(Cc3cnn(C)c3)C2)S1(=O)=O. The number of nitrogens with zero attached hydrogens (tertiary/aromatic N) is 6. The summed E-state index contributed by atoms with van der Waals surface area (Å²) in [6.45, 7) is 2.57. The second-order valence-corrected chi connectivity index (χ2v) is 12.5. The van der Waals surface area contributed by atoms with Crippen LogP contribution in [0.2, 0.25) is 0 Å². The molecule has 2 aliphatic heterocycles. The van der Waals surface area contributed by atoms with Gasteiger partial charge in [-0.25, -0.2) is 26.5 Å². The number of nitrogens with two attached hydrogens (primary N) is 1. The van der Waals surface area contributed by atoms with Crippen LogP contribution in [0.25, 0.3) is 0 Å². The molecule has 0 bridgehead atoms. The Kier molecular flexibility index (Phi) is 6.54. The molecule has 3 aromatic rings. The van der Waals surface area contributed by atoms with Crippen LogP contribution in [0.5, 0.6) is 0 Å². The largest absolute Gasteiger partial charge is 0.369 e. The predicted molar refractivity (Wildman–Crippen MR) is 140 cm³/mol. The van der Waals surface area contributed by atoms with Crippen LogP contribution in [0.4, 0.5) is 8.78 Å². The highest BCUT2D eigenvalue weighted by molar-refractivity contribution is 7.91. The fraction of sp³-hybridized carbons (Fsp3) is 0.385. The summed E-state index contributed by atoms with van der Waals surface area (Å²) >= 11 is 0. The zero-order chi connectivity index (χ0) is 28.2. The van der Waals surface area contributed by atoms with Crippen molar-refractivity contribution in [2.45, 2.75) is 36.6 Å². The lowest BCUT2D eigenvalue weighted by Crippen LogP contribution is -2.66. The maximum absolute atomic E-state index is 15.6. The van der Waals surface area contributed by atoms with Gasteiger partial charge in [-0.15, -0.1) is 0 Å². The van der Waals surface area contributed by atoms with Crippen molar-refractivity contribution in [3.63, 3.8) is 0 Å². The molecule has 2 N–H and O–H groups in total. The predicted octanol–water partition coefficient (Wildman–Crippen LogP) is 1.97. The van der Waals surface area contributed by atoms with Gasteiger partial charge in [-0.2, -0.15) is 5.10 Å². The molecule has 1 spiro atoms. The number of benzene rings is 1. The van der Waals surface area contributed by atoms with Crippen LogP contribution in [0, 0.1) is 11.6 Å². The van der Waals surface area contributed by atoms with E-state index in [0.717, 1.165) is 22.1 Å². The lowest BCUT2D eigenvalue weighted by molar-refractivity contribution is 0.0988. The molecular weight excluding hydrogens is 528 g/mol. The number of aryl methyl sites for hydroxylation is 1. The molecule has 206 valence electrons. The summed E-state index contributed by atoms with van der Waals surface area (Å²) in [5.41, 5.74) is 5.95. The number of likely N-dealkylation sites (tertiary alicyclic amines) is 1. The minimum absolute atomic E-state index is 0.0303. The third-order valence-corrected chi connectivity index (χ3v) is 10.4. The summed E-state index contributed by atoms with van der Waals surface area (Å²) in [5, 5.41) is 4.19. The van der Waals surface area contributed by atoms with Gasteiger partial charge in [0.1, 0.15) is 27.6 Å². The number of rotatable bonds is 6. The van der Waals surface area contributed by atoms with Gasteiger partial charge < -0.3 is 5.73 Å². The lowest BCUT2D eigenvalue weighted by Gasteiger charge is -2.48. The lowest BCUT2D eigenvalue weighted by atomic mass is 9.77. The third-order valence-electron chi connectivity index (χ3n) is 7.81. The average molecular weight is 558 g/mol. The summed E-state index contributed by atoms with van der Waals surface area (Å²) < 4.78 is 58.0. The molecule has 2 atom stereocenters. The number of hydrogen-bond acceptors (Lipinski definition) is 8. The second-order valence-electron chi connectivity index (χ2n) is 10.3. The van der Waals surface area contributed by atoms with Gasteiger partial charge in [-0.3, -0.25) is 19.4 Å². The van der Waals surface area contributed by atoms with Crippen molar-refractivity contribution < 1.29 is 22.0 Å². The van der Waals surface area contributed by atoms with Gasteiger partial charge >= 0.3 is 0 Å². The smallest absolute Gasteiger partial charge is 0.247 e. The summed E-state index contributed by atoms with van der Waals surface area (Å²) in [6.07, 6.45) is 4.57. The van der Waals surface area contributed by atoms with Crippen molar-refractivity contribution in [1.29, 1.82) is 0 Å². The van der Waals surface area contributed by atoms with Gasteiger partial charge in [0.2, 0.25) is 16.0 Å². The number of pyridine rings is 1. The molecule has 0 radical (unpaired) electrons. The maximum atomic E-state index is 15.6. The average Bonchev–Trinajstić information content (AvgIpc) is 3.51.